The molecule has 0 spiro atoms. The van der Waals surface area contributed by atoms with Crippen LogP contribution in [-0.4, -0.2) is 22.7 Å². The zero-order valence-corrected chi connectivity index (χ0v) is 16.1. The van der Waals surface area contributed by atoms with Gasteiger partial charge in [0, 0.05) is 5.56 Å². The summed E-state index contributed by atoms with van der Waals surface area (Å²) < 4.78 is 5.82. The average Bonchev–Trinajstić information content (AvgIpc) is 3.28. The zero-order chi connectivity index (χ0) is 20.5. The van der Waals surface area contributed by atoms with E-state index in [1.165, 1.54) is 17.1 Å². The quantitative estimate of drug-likeness (QED) is 0.610. The molecule has 1 aliphatic heterocycles. The third-order valence-electron chi connectivity index (χ3n) is 4.46. The number of rotatable bonds is 4. The number of furan rings is 1. The summed E-state index contributed by atoms with van der Waals surface area (Å²) in [4.78, 5) is 23.9. The van der Waals surface area contributed by atoms with Crippen LogP contribution in [0.25, 0.3) is 17.4 Å². The Morgan fingerprint density at radius 1 is 1.14 bits per heavy atom. The predicted molar refractivity (Wildman–Crippen MR) is 111 cm³/mol. The molecule has 1 amide bonds. The molecular weight excluding hydrogens is 392 g/mol. The van der Waals surface area contributed by atoms with Gasteiger partial charge in [-0.1, -0.05) is 35.9 Å². The highest BCUT2D eigenvalue weighted by Crippen LogP contribution is 2.29. The number of carboxylic acid groups (broad SMARTS) is 1. The van der Waals surface area contributed by atoms with Crippen molar-refractivity contribution in [2.75, 3.05) is 5.01 Å². The van der Waals surface area contributed by atoms with Gasteiger partial charge in [-0.05, 0) is 49.4 Å². The van der Waals surface area contributed by atoms with Crippen molar-refractivity contribution in [2.24, 2.45) is 5.10 Å². The van der Waals surface area contributed by atoms with Crippen LogP contribution >= 0.6 is 11.6 Å². The Labute approximate surface area is 171 Å². The molecule has 144 valence electrons. The number of benzene rings is 2. The van der Waals surface area contributed by atoms with Crippen molar-refractivity contribution in [3.8, 4) is 11.3 Å². The molecule has 0 aliphatic carbocycles. The van der Waals surface area contributed by atoms with Crippen molar-refractivity contribution in [1.29, 1.82) is 0 Å². The average molecular weight is 407 g/mol. The van der Waals surface area contributed by atoms with Crippen molar-refractivity contribution in [1.82, 2.24) is 0 Å². The number of anilines is 1. The molecule has 0 saturated carbocycles. The molecule has 0 radical (unpaired) electrons. The van der Waals surface area contributed by atoms with Crippen LogP contribution in [0.5, 0.6) is 0 Å². The molecule has 0 unspecified atom stereocenters. The van der Waals surface area contributed by atoms with Crippen molar-refractivity contribution >= 4 is 41.0 Å². The minimum atomic E-state index is -1.09. The molecule has 1 aromatic heterocycles. The maximum absolute atomic E-state index is 12.8. The van der Waals surface area contributed by atoms with Gasteiger partial charge in [-0.2, -0.15) is 10.1 Å². The second-order valence-electron chi connectivity index (χ2n) is 6.40. The summed E-state index contributed by atoms with van der Waals surface area (Å²) in [7, 11) is 0. The fourth-order valence-electron chi connectivity index (χ4n) is 3.00. The number of carbonyl (C=O) groups excluding carboxylic acids is 1. The maximum Gasteiger partial charge on any atom is 0.337 e. The van der Waals surface area contributed by atoms with Gasteiger partial charge in [0.05, 0.1) is 27.6 Å². The number of carboxylic acids is 1. The van der Waals surface area contributed by atoms with E-state index in [-0.39, 0.29) is 16.5 Å². The van der Waals surface area contributed by atoms with E-state index < -0.39 is 5.97 Å². The predicted octanol–water partition coefficient (Wildman–Crippen LogP) is 5.10. The summed E-state index contributed by atoms with van der Waals surface area (Å²) in [6, 6.07) is 17.2. The Kier molecular flexibility index (Phi) is 4.78. The first-order valence-electron chi connectivity index (χ1n) is 8.74. The lowest BCUT2D eigenvalue weighted by molar-refractivity contribution is -0.114. The third kappa shape index (κ3) is 3.58. The van der Waals surface area contributed by atoms with Gasteiger partial charge < -0.3 is 9.52 Å². The Bertz CT molecular complexity index is 1180. The molecule has 1 aliphatic rings. The summed E-state index contributed by atoms with van der Waals surface area (Å²) in [5.41, 5.74) is 2.38. The molecule has 0 saturated heterocycles. The first-order chi connectivity index (χ1) is 13.9. The van der Waals surface area contributed by atoms with Crippen molar-refractivity contribution in [2.45, 2.75) is 6.92 Å². The van der Waals surface area contributed by atoms with Crippen LogP contribution in [0.3, 0.4) is 0 Å². The number of amides is 1. The van der Waals surface area contributed by atoms with Gasteiger partial charge in [0.25, 0.3) is 5.91 Å². The molecule has 29 heavy (non-hydrogen) atoms. The fourth-order valence-corrected chi connectivity index (χ4v) is 3.26. The van der Waals surface area contributed by atoms with Gasteiger partial charge in [-0.25, -0.2) is 4.79 Å². The van der Waals surface area contributed by atoms with Crippen molar-refractivity contribution in [3.63, 3.8) is 0 Å². The van der Waals surface area contributed by atoms with Crippen molar-refractivity contribution in [3.05, 3.63) is 82.6 Å². The van der Waals surface area contributed by atoms with E-state index in [1.807, 2.05) is 30.3 Å². The third-order valence-corrected chi connectivity index (χ3v) is 4.77. The summed E-state index contributed by atoms with van der Waals surface area (Å²) in [5, 5.41) is 14.9. The fraction of sp³-hybridized carbons (Fsp3) is 0.0455. The first-order valence-corrected chi connectivity index (χ1v) is 9.11. The lowest BCUT2D eigenvalue weighted by atomic mass is 10.1. The molecule has 2 heterocycles. The van der Waals surface area contributed by atoms with Gasteiger partial charge >= 0.3 is 5.97 Å². The van der Waals surface area contributed by atoms with Crippen LogP contribution in [-0.2, 0) is 4.79 Å². The highest BCUT2D eigenvalue weighted by molar-refractivity contribution is 6.34. The lowest BCUT2D eigenvalue weighted by Crippen LogP contribution is -2.21. The Morgan fingerprint density at radius 2 is 1.90 bits per heavy atom. The topological polar surface area (TPSA) is 83.1 Å². The standard InChI is InChI=1S/C22H15ClN2O4/c1-13-18(21(26)25(24-13)15-5-3-2-4-6-15)12-16-8-10-20(29-16)14-7-9-17(22(27)28)19(23)11-14/h2-12H,1H3,(H,27,28)/b18-12-. The van der Waals surface area contributed by atoms with Crippen LogP contribution in [0.4, 0.5) is 5.69 Å². The van der Waals surface area contributed by atoms with E-state index in [0.29, 0.717) is 34.1 Å². The van der Waals surface area contributed by atoms with E-state index in [0.717, 1.165) is 0 Å². The summed E-state index contributed by atoms with van der Waals surface area (Å²) in [6.45, 7) is 1.76. The van der Waals surface area contributed by atoms with Crippen LogP contribution in [0.1, 0.15) is 23.0 Å². The van der Waals surface area contributed by atoms with Gasteiger partial charge in [-0.3, -0.25) is 4.79 Å². The Hall–Kier alpha value is -3.64. The van der Waals surface area contributed by atoms with Gasteiger partial charge in [-0.15, -0.1) is 0 Å². The zero-order valence-electron chi connectivity index (χ0n) is 15.3. The van der Waals surface area contributed by atoms with E-state index in [1.54, 1.807) is 31.2 Å². The number of nitrogens with zero attached hydrogens (tertiary/aromatic N) is 2. The molecule has 6 nitrogen and oxygen atoms in total. The molecule has 0 fully saturated rings. The van der Waals surface area contributed by atoms with Gasteiger partial charge in [0.1, 0.15) is 11.5 Å². The maximum atomic E-state index is 12.8. The number of hydrogen-bond donors (Lipinski definition) is 1. The Morgan fingerprint density at radius 3 is 2.59 bits per heavy atom. The Balaban J connectivity index is 1.61. The van der Waals surface area contributed by atoms with Crippen LogP contribution in [0.15, 0.2) is 75.8 Å². The smallest absolute Gasteiger partial charge is 0.337 e. The number of hydrogen-bond acceptors (Lipinski definition) is 4. The molecule has 1 N–H and O–H groups in total. The van der Waals surface area contributed by atoms with Gasteiger partial charge in [0.2, 0.25) is 0 Å². The number of aromatic carboxylic acids is 1. The summed E-state index contributed by atoms with van der Waals surface area (Å²) in [6.07, 6.45) is 1.64. The van der Waals surface area contributed by atoms with E-state index in [2.05, 4.69) is 5.10 Å². The SMILES string of the molecule is CC1=NN(c2ccccc2)C(=O)/C1=C\c1ccc(-c2ccc(C(=O)O)c(Cl)c2)o1. The van der Waals surface area contributed by atoms with Crippen LogP contribution in [0, 0.1) is 0 Å². The molecule has 3 aromatic rings. The van der Waals surface area contributed by atoms with E-state index in [4.69, 9.17) is 21.1 Å². The van der Waals surface area contributed by atoms with E-state index in [9.17, 15) is 9.59 Å². The summed E-state index contributed by atoms with van der Waals surface area (Å²) >= 11 is 6.03. The molecule has 7 heteroatoms. The monoisotopic (exact) mass is 406 g/mol. The molecule has 4 rings (SSSR count). The second kappa shape index (κ2) is 7.41. The van der Waals surface area contributed by atoms with Crippen LogP contribution < -0.4 is 5.01 Å². The number of hydrazone groups is 1. The number of para-hydroxylation sites is 1. The van der Waals surface area contributed by atoms with Crippen LogP contribution in [0.2, 0.25) is 5.02 Å². The van der Waals surface area contributed by atoms with Crippen molar-refractivity contribution < 1.29 is 19.1 Å². The molecule has 0 atom stereocenters. The largest absolute Gasteiger partial charge is 0.478 e. The highest BCUT2D eigenvalue weighted by Gasteiger charge is 2.28. The molecule has 0 bridgehead atoms. The second-order valence-corrected chi connectivity index (χ2v) is 6.80. The molecule has 2 aromatic carbocycles. The van der Waals surface area contributed by atoms with E-state index >= 15 is 0 Å². The highest BCUT2D eigenvalue weighted by atomic mass is 35.5. The lowest BCUT2D eigenvalue weighted by Gasteiger charge is -2.10. The normalized spacial score (nSPS) is 15.1. The number of halogens is 1. The minimum Gasteiger partial charge on any atom is -0.478 e. The molecular formula is C22H15ClN2O4. The number of carbonyl (C=O) groups is 2. The minimum absolute atomic E-state index is 0.0220. The van der Waals surface area contributed by atoms with Gasteiger partial charge in [0.15, 0.2) is 0 Å². The summed E-state index contributed by atoms with van der Waals surface area (Å²) in [5.74, 6) is -0.341. The first kappa shape index (κ1) is 18.7.